The molecule has 1 N–H and O–H groups in total. The summed E-state index contributed by atoms with van der Waals surface area (Å²) in [5.74, 6) is -0.701. The number of anilines is 1. The largest absolute Gasteiger partial charge is 0.352 e. The normalized spacial score (nSPS) is 15.9. The fourth-order valence-electron chi connectivity index (χ4n) is 5.10. The molecular formula is C28H29F2N9S. The molecule has 1 atom stereocenters. The number of benzene rings is 1. The maximum atomic E-state index is 15.0. The molecule has 1 aromatic carbocycles. The molecule has 1 unspecified atom stereocenters. The molecule has 0 spiro atoms. The first-order valence-electron chi connectivity index (χ1n) is 13.1. The third-order valence-corrected chi connectivity index (χ3v) is 8.42. The van der Waals surface area contributed by atoms with E-state index in [4.69, 9.17) is 0 Å². The minimum atomic E-state index is -0.524. The number of halogens is 2. The van der Waals surface area contributed by atoms with Gasteiger partial charge >= 0.3 is 0 Å². The minimum absolute atomic E-state index is 0.221. The van der Waals surface area contributed by atoms with Crippen LogP contribution >= 0.6 is 11.3 Å². The van der Waals surface area contributed by atoms with Crippen molar-refractivity contribution in [1.29, 1.82) is 0 Å². The van der Waals surface area contributed by atoms with Crippen LogP contribution in [0, 0.1) is 11.8 Å². The minimum Gasteiger partial charge on any atom is -0.352 e. The summed E-state index contributed by atoms with van der Waals surface area (Å²) in [6.07, 6.45) is 7.29. The highest BCUT2D eigenvalue weighted by Crippen LogP contribution is 2.40. The smallest absolute Gasteiger partial charge is 0.223 e. The lowest BCUT2D eigenvalue weighted by Gasteiger charge is -2.21. The van der Waals surface area contributed by atoms with Crippen LogP contribution in [0.15, 0.2) is 55.1 Å². The number of likely N-dealkylation sites (tertiary alicyclic amines) is 1. The predicted molar refractivity (Wildman–Crippen MR) is 152 cm³/mol. The molecule has 1 aliphatic rings. The van der Waals surface area contributed by atoms with Crippen LogP contribution in [0.4, 0.5) is 14.7 Å². The number of nitrogens with zero attached hydrogens (tertiary/aromatic N) is 8. The van der Waals surface area contributed by atoms with Gasteiger partial charge in [0.1, 0.15) is 5.69 Å². The number of nitrogens with one attached hydrogen (secondary N) is 1. The van der Waals surface area contributed by atoms with Crippen molar-refractivity contribution in [3.63, 3.8) is 0 Å². The molecule has 9 nitrogen and oxygen atoms in total. The van der Waals surface area contributed by atoms with Gasteiger partial charge in [-0.25, -0.2) is 19.3 Å². The first-order chi connectivity index (χ1) is 19.4. The van der Waals surface area contributed by atoms with Crippen molar-refractivity contribution in [3.05, 3.63) is 72.4 Å². The van der Waals surface area contributed by atoms with Crippen LogP contribution in [0.3, 0.4) is 0 Å². The lowest BCUT2D eigenvalue weighted by atomic mass is 10.00. The second-order valence-electron chi connectivity index (χ2n) is 10.1. The van der Waals surface area contributed by atoms with Crippen molar-refractivity contribution in [2.24, 2.45) is 0 Å². The second kappa shape index (κ2) is 11.3. The number of pyridine rings is 1. The molecule has 6 rings (SSSR count). The van der Waals surface area contributed by atoms with Crippen LogP contribution < -0.4 is 5.32 Å². The van der Waals surface area contributed by atoms with Gasteiger partial charge in [0.2, 0.25) is 11.9 Å². The maximum Gasteiger partial charge on any atom is 0.223 e. The van der Waals surface area contributed by atoms with Crippen LogP contribution in [0.25, 0.3) is 31.8 Å². The Morgan fingerprint density at radius 3 is 2.83 bits per heavy atom. The number of fused-ring (bicyclic) bond motifs is 1. The summed E-state index contributed by atoms with van der Waals surface area (Å²) < 4.78 is 32.0. The molecule has 5 heterocycles. The summed E-state index contributed by atoms with van der Waals surface area (Å²) in [5.41, 5.74) is 2.89. The number of likely N-dealkylation sites (N-methyl/N-ethyl adjacent to an activating group) is 1. The summed E-state index contributed by atoms with van der Waals surface area (Å²) in [4.78, 5) is 17.8. The molecule has 1 saturated heterocycles. The van der Waals surface area contributed by atoms with E-state index in [9.17, 15) is 8.78 Å². The van der Waals surface area contributed by atoms with Crippen molar-refractivity contribution in [3.8, 4) is 21.7 Å². The number of hydrogen-bond acceptors (Lipinski definition) is 9. The first-order valence-corrected chi connectivity index (χ1v) is 13.9. The van der Waals surface area contributed by atoms with Gasteiger partial charge in [-0.15, -0.1) is 16.4 Å². The summed E-state index contributed by atoms with van der Waals surface area (Å²) in [6, 6.07) is 9.85. The Labute approximate surface area is 234 Å². The van der Waals surface area contributed by atoms with E-state index in [1.54, 1.807) is 23.3 Å². The van der Waals surface area contributed by atoms with Crippen LogP contribution in [0.1, 0.15) is 12.0 Å². The van der Waals surface area contributed by atoms with Gasteiger partial charge in [-0.1, -0.05) is 23.4 Å². The molecule has 12 heteroatoms. The van der Waals surface area contributed by atoms with Crippen LogP contribution in [-0.2, 0) is 13.1 Å². The zero-order chi connectivity index (χ0) is 27.6. The molecule has 0 saturated carbocycles. The highest BCUT2D eigenvalue weighted by Gasteiger charge is 2.25. The van der Waals surface area contributed by atoms with E-state index in [0.29, 0.717) is 36.5 Å². The Balaban J connectivity index is 1.30. The standard InChI is InChI=1S/C28H29F2N9S/c1-37(2)20-6-9-38(17-20)16-19-14-32-25(30)13-22(19)21-5-3-4-18-12-24(40-27(18)21)26-23(29)15-33-28(35-26)31-7-10-39-11-8-34-36-39/h3-5,8,11-15,20H,6-7,9-10,16-17H2,1-2H3,(H,31,33,35). The molecule has 206 valence electrons. The number of thiophene rings is 1. The maximum absolute atomic E-state index is 15.0. The highest BCUT2D eigenvalue weighted by molar-refractivity contribution is 7.22. The van der Waals surface area contributed by atoms with Crippen LogP contribution in [-0.4, -0.2) is 79.5 Å². The summed E-state index contributed by atoms with van der Waals surface area (Å²) in [7, 11) is 4.21. The van der Waals surface area contributed by atoms with Crippen molar-refractivity contribution in [2.75, 3.05) is 39.0 Å². The molecule has 40 heavy (non-hydrogen) atoms. The third-order valence-electron chi connectivity index (χ3n) is 7.23. The highest BCUT2D eigenvalue weighted by atomic mass is 32.1. The van der Waals surface area contributed by atoms with Crippen molar-refractivity contribution in [1.82, 2.24) is 39.7 Å². The summed E-state index contributed by atoms with van der Waals surface area (Å²) >= 11 is 1.43. The lowest BCUT2D eigenvalue weighted by molar-refractivity contribution is 0.264. The van der Waals surface area contributed by atoms with Crippen LogP contribution in [0.5, 0.6) is 0 Å². The van der Waals surface area contributed by atoms with Gasteiger partial charge in [0.25, 0.3) is 0 Å². The van der Waals surface area contributed by atoms with Gasteiger partial charge < -0.3 is 10.2 Å². The van der Waals surface area contributed by atoms with E-state index in [-0.39, 0.29) is 5.69 Å². The summed E-state index contributed by atoms with van der Waals surface area (Å²) in [6.45, 7) is 3.70. The number of rotatable bonds is 9. The molecule has 0 aliphatic carbocycles. The van der Waals surface area contributed by atoms with E-state index < -0.39 is 11.8 Å². The molecule has 4 aromatic heterocycles. The summed E-state index contributed by atoms with van der Waals surface area (Å²) in [5, 5.41) is 11.8. The van der Waals surface area contributed by atoms with E-state index in [1.165, 1.54) is 23.6 Å². The van der Waals surface area contributed by atoms with Crippen molar-refractivity contribution < 1.29 is 8.78 Å². The second-order valence-corrected chi connectivity index (χ2v) is 11.2. The zero-order valence-electron chi connectivity index (χ0n) is 22.3. The molecule has 1 aliphatic heterocycles. The van der Waals surface area contributed by atoms with E-state index in [0.717, 1.165) is 46.3 Å². The Morgan fingerprint density at radius 2 is 2.02 bits per heavy atom. The van der Waals surface area contributed by atoms with E-state index in [2.05, 4.69) is 54.5 Å². The fraction of sp³-hybridized carbons (Fsp3) is 0.321. The Bertz CT molecular complexity index is 1620. The van der Waals surface area contributed by atoms with Gasteiger partial charge in [-0.2, -0.15) is 4.39 Å². The van der Waals surface area contributed by atoms with Crippen molar-refractivity contribution >= 4 is 27.4 Å². The monoisotopic (exact) mass is 561 g/mol. The number of aromatic nitrogens is 6. The number of hydrogen-bond donors (Lipinski definition) is 1. The third kappa shape index (κ3) is 5.55. The van der Waals surface area contributed by atoms with Crippen LogP contribution in [0.2, 0.25) is 0 Å². The lowest BCUT2D eigenvalue weighted by Crippen LogP contribution is -2.31. The first kappa shape index (κ1) is 26.4. The Morgan fingerprint density at radius 1 is 1.12 bits per heavy atom. The SMILES string of the molecule is CN(C)C1CCN(Cc2cnc(F)cc2-c2cccc3cc(-c4nc(NCCn5ccnn5)ncc4F)sc23)C1. The van der Waals surface area contributed by atoms with Crippen molar-refractivity contribution in [2.45, 2.75) is 25.6 Å². The molecule has 1 fully saturated rings. The molecule has 5 aromatic rings. The molecular weight excluding hydrogens is 532 g/mol. The average molecular weight is 562 g/mol. The van der Waals surface area contributed by atoms with Gasteiger partial charge in [0.15, 0.2) is 5.82 Å². The predicted octanol–water partition coefficient (Wildman–Crippen LogP) is 4.54. The van der Waals surface area contributed by atoms with E-state index in [1.807, 2.05) is 24.3 Å². The Hall–Kier alpha value is -3.87. The fourth-order valence-corrected chi connectivity index (χ4v) is 6.28. The Kier molecular flexibility index (Phi) is 7.46. The topological polar surface area (TPSA) is 87.9 Å². The van der Waals surface area contributed by atoms with Gasteiger partial charge in [0, 0.05) is 60.9 Å². The molecule has 0 amide bonds. The quantitative estimate of drug-likeness (QED) is 0.263. The average Bonchev–Trinajstić information content (AvgIpc) is 3.72. The zero-order valence-corrected chi connectivity index (χ0v) is 23.1. The van der Waals surface area contributed by atoms with Gasteiger partial charge in [-0.3, -0.25) is 9.58 Å². The van der Waals surface area contributed by atoms with E-state index >= 15 is 0 Å². The molecule has 0 bridgehead atoms. The van der Waals surface area contributed by atoms with Gasteiger partial charge in [-0.05, 0) is 43.1 Å². The van der Waals surface area contributed by atoms with Gasteiger partial charge in [0.05, 0.1) is 23.8 Å². The molecule has 0 radical (unpaired) electrons.